The largest absolute Gasteiger partial charge is 0.473 e. The van der Waals surface area contributed by atoms with Gasteiger partial charge in [0.25, 0.3) is 11.8 Å². The first-order chi connectivity index (χ1) is 68.8. The minimum atomic E-state index is -4.97. The Hall–Kier alpha value is -11.3. The molecule has 16 N–H and O–H groups in total. The van der Waals surface area contributed by atoms with Crippen molar-refractivity contribution < 1.29 is 153 Å². The third-order valence-electron chi connectivity index (χ3n) is 24.1. The Bertz CT molecular complexity index is 4880. The van der Waals surface area contributed by atoms with Gasteiger partial charge in [0.1, 0.15) is 42.4 Å². The van der Waals surface area contributed by atoms with Crippen molar-refractivity contribution in [1.29, 1.82) is 0 Å². The molecule has 0 aliphatic carbocycles. The molecule has 0 radical (unpaired) electrons. The van der Waals surface area contributed by atoms with E-state index in [2.05, 4.69) is 63.8 Å². The molecule has 806 valence electrons. The number of nitrogens with zero attached hydrogens (tertiary/aromatic N) is 4. The molecular formula is C95H144N16O32P2. The second kappa shape index (κ2) is 62.6. The highest BCUT2D eigenvalue weighted by Crippen LogP contribution is 2.50. The highest BCUT2D eigenvalue weighted by atomic mass is 31.2. The lowest BCUT2D eigenvalue weighted by Gasteiger charge is -2.41. The highest BCUT2D eigenvalue weighted by molar-refractivity contribution is 7.51. The van der Waals surface area contributed by atoms with Crippen molar-refractivity contribution in [3.8, 4) is 0 Å². The Balaban J connectivity index is 0.915. The van der Waals surface area contributed by atoms with Crippen LogP contribution in [0.15, 0.2) is 97.1 Å². The van der Waals surface area contributed by atoms with Crippen molar-refractivity contribution in [3.05, 3.63) is 114 Å². The molecule has 145 heavy (non-hydrogen) atoms. The molecule has 48 nitrogen and oxygen atoms in total. The van der Waals surface area contributed by atoms with Crippen molar-refractivity contribution >= 4 is 121 Å². The maximum Gasteiger partial charge on any atom is 0.473 e. The Morgan fingerprint density at radius 2 is 1.19 bits per heavy atom. The molecule has 3 aliphatic rings. The number of cyclic esters (lactones) is 1. The number of ketones is 1. The number of likely N-dealkylation sites (N-methyl/N-ethyl adjacent to an activating group) is 2. The fourth-order valence-corrected chi connectivity index (χ4v) is 17.8. The first-order valence-electron chi connectivity index (χ1n) is 48.0. The van der Waals surface area contributed by atoms with Crippen LogP contribution in [0.5, 0.6) is 0 Å². The van der Waals surface area contributed by atoms with E-state index < -0.39 is 248 Å². The average molecular weight is 2080 g/mol. The smallest absolute Gasteiger partial charge is 0.464 e. The monoisotopic (exact) mass is 2080 g/mol. The first kappa shape index (κ1) is 122. The van der Waals surface area contributed by atoms with E-state index in [1.807, 2.05) is 60.5 Å². The van der Waals surface area contributed by atoms with Gasteiger partial charge in [-0.15, -0.1) is 0 Å². The van der Waals surface area contributed by atoms with Crippen molar-refractivity contribution in [3.63, 3.8) is 0 Å². The van der Waals surface area contributed by atoms with Crippen LogP contribution in [0.3, 0.4) is 0 Å². The number of rotatable bonds is 68. The number of ether oxygens (including phenoxy) is 7. The topological polar surface area (TPSA) is 646 Å². The molecule has 0 bridgehead atoms. The van der Waals surface area contributed by atoms with Crippen molar-refractivity contribution in [2.45, 2.75) is 199 Å². The number of anilines is 1. The fourth-order valence-electron chi connectivity index (χ4n) is 16.3. The third-order valence-corrected chi connectivity index (χ3v) is 25.8. The lowest BCUT2D eigenvalue weighted by molar-refractivity contribution is -0.148. The van der Waals surface area contributed by atoms with Gasteiger partial charge in [-0.2, -0.15) is 0 Å². The molecule has 50 heteroatoms. The Morgan fingerprint density at radius 1 is 0.572 bits per heavy atom. The summed E-state index contributed by atoms with van der Waals surface area (Å²) in [4.78, 5) is 261. The molecule has 0 spiro atoms. The van der Waals surface area contributed by atoms with E-state index in [0.717, 1.165) is 12.2 Å². The van der Waals surface area contributed by atoms with Gasteiger partial charge >= 0.3 is 21.4 Å². The maximum atomic E-state index is 14.7. The first-order valence-corrected chi connectivity index (χ1v) is 51.3. The van der Waals surface area contributed by atoms with Gasteiger partial charge in [0.15, 0.2) is 5.78 Å². The second-order valence-corrected chi connectivity index (χ2v) is 39.2. The molecule has 3 aromatic carbocycles. The second-order valence-electron chi connectivity index (χ2n) is 36.0. The van der Waals surface area contributed by atoms with E-state index in [-0.39, 0.29) is 133 Å². The number of amides is 15. The van der Waals surface area contributed by atoms with Gasteiger partial charge in [-0.1, -0.05) is 128 Å². The summed E-state index contributed by atoms with van der Waals surface area (Å²) in [6.07, 6.45) is -1.66. The van der Waals surface area contributed by atoms with Gasteiger partial charge in [0.05, 0.1) is 160 Å². The van der Waals surface area contributed by atoms with Gasteiger partial charge in [0, 0.05) is 84.4 Å². The zero-order valence-corrected chi connectivity index (χ0v) is 86.0. The molecule has 6 rings (SSSR count). The van der Waals surface area contributed by atoms with Gasteiger partial charge in [-0.05, 0) is 80.4 Å². The number of phosphoric ester groups is 1. The standard InChI is InChI=1S/C95H144N16O32P2/c1-14-60(6)86(109(11)94(128)84(58(2)3)107-93(127)85(59(4)5)108(9)10)74(135-12)50-83(122)110-37-21-26-71(110)87(136-13)61(7)89(123)101-62(8)88(65-24-19-16-20-25-65)143-145(133,134)142-57-64-27-29-66(30-28-64)102-79(118)55-100-90(124)68(48-63-22-17-15-18-23-63)105-80(119)54-99-78(117)53-96-52-73(113)70(56-112)106-91(125)69(49-77(116)103-67-33-39-141-95(67)129)104-76(115)34-38-137-41-43-139-45-46-140-44-42-138-40-36-97-92(126)72(111-81(120)31-32-82(111)121)51-98-75(114)35-47-144(130,131)132/h15-20,22-25,27-32,58-62,67-72,74,84-88,96,112H,14,21,26,33-57H2,1-13H3,(H,97,126)(H,98,114)(H,99,117)(H,100,124)(H,101,123)(H,102,118)(H,103,116)(H,104,115)(H,105,119)(H,106,125)(H,107,127)(H,133,134)(H2,130,131,132)/t60-,61+,62+,67-,68-,69-,70-,71-,72-,74+,84-,85-,86-,87+,88+/m0/s1. The number of nitrogens with one attached hydrogen (secondary N) is 12. The highest BCUT2D eigenvalue weighted by Gasteiger charge is 2.46. The normalized spacial score (nSPS) is 17.3. The summed E-state index contributed by atoms with van der Waals surface area (Å²) in [5.74, 6) is -13.4. The van der Waals surface area contributed by atoms with Crippen molar-refractivity contribution in [2.75, 3.05) is 159 Å². The number of aliphatic hydroxyl groups is 1. The van der Waals surface area contributed by atoms with E-state index in [1.165, 1.54) is 38.5 Å². The Kier molecular flexibility index (Phi) is 52.9. The van der Waals surface area contributed by atoms with E-state index >= 15 is 0 Å². The average Bonchev–Trinajstić information content (AvgIpc) is 1.74. The summed E-state index contributed by atoms with van der Waals surface area (Å²) < 4.78 is 75.4. The number of hydrogen-bond acceptors (Lipinski definition) is 31. The number of imide groups is 1. The SMILES string of the molecule is CC[C@H](C)[C@@H]([C@@H](CC(=O)N1CCC[C@H]1[C@H](OC)[C@@H](C)C(=O)N[C@H](C)[C@@H](OP(=O)(O)OCc1ccc(NC(=O)CNC(=O)[C@H](Cc2ccccc2)NC(=O)CNC(=O)CNCC(=O)[C@H](CO)NC(=O)[C@H](CC(=O)N[C@H]2CCOC2=O)NC(=O)CCOCCOCCOCCOCCNC(=O)[C@H](CNC(=O)CCP(=O)(O)O)N2C(=O)C=CC2=O)cc1)c1ccccc1)OC)N(C)C(=O)[C@@H](NC(=O)[C@H](C(C)C)N(C)C)C(C)C. The molecule has 3 aliphatic heterocycles. The van der Waals surface area contributed by atoms with Crippen molar-refractivity contribution in [1.82, 2.24) is 78.1 Å². The number of esters is 1. The number of carbonyl (C=O) groups is 17. The molecule has 2 saturated heterocycles. The predicted octanol–water partition coefficient (Wildman–Crippen LogP) is -1.40. The van der Waals surface area contributed by atoms with Crippen LogP contribution in [0.4, 0.5) is 5.69 Å². The zero-order valence-electron chi connectivity index (χ0n) is 84.3. The van der Waals surface area contributed by atoms with E-state index in [1.54, 1.807) is 91.4 Å². The lowest BCUT2D eigenvalue weighted by atomic mass is 9.89. The van der Waals surface area contributed by atoms with Crippen LogP contribution in [-0.2, 0) is 146 Å². The number of likely N-dealkylation sites (tertiary alicyclic amines) is 1. The summed E-state index contributed by atoms with van der Waals surface area (Å²) in [5.41, 5.74) is 1.62. The number of phosphoric acid groups is 1. The van der Waals surface area contributed by atoms with Crippen LogP contribution < -0.4 is 63.8 Å². The minimum Gasteiger partial charge on any atom is -0.464 e. The van der Waals surface area contributed by atoms with E-state index in [0.29, 0.717) is 47.4 Å². The van der Waals surface area contributed by atoms with Gasteiger partial charge < -0.3 is 127 Å². The predicted molar refractivity (Wildman–Crippen MR) is 522 cm³/mol. The third kappa shape index (κ3) is 42.2. The number of benzene rings is 3. The molecular weight excluding hydrogens is 1940 g/mol. The molecule has 15 amide bonds. The van der Waals surface area contributed by atoms with Crippen LogP contribution in [0, 0.1) is 23.7 Å². The molecule has 0 aromatic heterocycles. The zero-order chi connectivity index (χ0) is 107. The summed E-state index contributed by atoms with van der Waals surface area (Å²) in [6, 6.07) is 12.2. The van der Waals surface area contributed by atoms with Crippen LogP contribution in [0.2, 0.25) is 0 Å². The Morgan fingerprint density at radius 3 is 1.77 bits per heavy atom. The van der Waals surface area contributed by atoms with Crippen LogP contribution in [0.1, 0.15) is 130 Å². The molecule has 0 saturated carbocycles. The van der Waals surface area contributed by atoms with Crippen molar-refractivity contribution in [2.24, 2.45) is 23.7 Å². The number of carbonyl (C=O) groups excluding carboxylic acids is 17. The minimum absolute atomic E-state index is 0.00308. The van der Waals surface area contributed by atoms with Gasteiger partial charge in [0.2, 0.25) is 76.8 Å². The number of Topliss-reactive ketones (excluding diaryl/α,β-unsaturated/α-hetero) is 1. The number of methoxy groups -OCH3 is 2. The van der Waals surface area contributed by atoms with E-state index in [9.17, 15) is 101 Å². The molecule has 2 fully saturated rings. The summed E-state index contributed by atoms with van der Waals surface area (Å²) >= 11 is 0. The molecule has 3 aromatic rings. The van der Waals surface area contributed by atoms with Crippen LogP contribution >= 0.6 is 15.4 Å². The number of aliphatic hydroxyl groups excluding tert-OH is 1. The summed E-state index contributed by atoms with van der Waals surface area (Å²) in [5, 5.41) is 40.7. The van der Waals surface area contributed by atoms with Gasteiger partial charge in [-0.25, -0.2) is 9.36 Å². The molecule has 1 unspecified atom stereocenters. The van der Waals surface area contributed by atoms with Gasteiger partial charge in [-0.3, -0.25) is 100 Å². The van der Waals surface area contributed by atoms with E-state index in [4.69, 9.17) is 52.0 Å². The van der Waals surface area contributed by atoms with Crippen LogP contribution in [0.25, 0.3) is 0 Å². The van der Waals surface area contributed by atoms with Crippen LogP contribution in [-0.4, -0.2) is 366 Å². The summed E-state index contributed by atoms with van der Waals surface area (Å²) in [7, 11) is -1.20. The summed E-state index contributed by atoms with van der Waals surface area (Å²) in [6.45, 7) is 10.9. The number of hydrogen-bond donors (Lipinski definition) is 16. The molecule has 3 heterocycles. The fraction of sp³-hybridized carbons (Fsp3) is 0.611. The maximum absolute atomic E-state index is 14.7. The quantitative estimate of drug-likeness (QED) is 0.0134. The Labute approximate surface area is 843 Å². The molecule has 16 atom stereocenters. The lowest BCUT2D eigenvalue weighted by Crippen LogP contribution is -2.59.